The summed E-state index contributed by atoms with van der Waals surface area (Å²) in [6.07, 6.45) is 7.83. The number of piperazine rings is 1. The van der Waals surface area contributed by atoms with Crippen molar-refractivity contribution in [2.75, 3.05) is 18.0 Å². The van der Waals surface area contributed by atoms with Crippen LogP contribution >= 0.6 is 9.39 Å². The Morgan fingerprint density at radius 1 is 1.47 bits per heavy atom. The fourth-order valence-electron chi connectivity index (χ4n) is 2.91. The molecule has 0 N–H and O–H groups in total. The predicted molar refractivity (Wildman–Crippen MR) is 79.5 cm³/mol. The van der Waals surface area contributed by atoms with Crippen molar-refractivity contribution in [3.8, 4) is 0 Å². The molecule has 0 aromatic carbocycles. The normalized spacial score (nSPS) is 25.7. The molecule has 19 heavy (non-hydrogen) atoms. The second-order valence-electron chi connectivity index (χ2n) is 5.17. The van der Waals surface area contributed by atoms with Crippen molar-refractivity contribution >= 4 is 39.8 Å². The Balaban J connectivity index is 0.00000133. The molecule has 0 saturated carbocycles. The Kier molecular flexibility index (Phi) is 6.55. The maximum absolute atomic E-state index is 4.34. The number of anilines is 1. The third-order valence-electron chi connectivity index (χ3n) is 3.85. The summed E-state index contributed by atoms with van der Waals surface area (Å²) in [5.41, 5.74) is 1.34. The Bertz CT molecular complexity index is 432. The Hall–Kier alpha value is 1.24. The summed E-state index contributed by atoms with van der Waals surface area (Å²) in [4.78, 5) is 6.90. The molecular formula is C13H19N3PSnY-. The number of hydrogen-bond donors (Lipinski definition) is 0. The van der Waals surface area contributed by atoms with Crippen LogP contribution in [-0.4, -0.2) is 56.0 Å². The van der Waals surface area contributed by atoms with Crippen LogP contribution in [0.1, 0.15) is 19.8 Å². The maximum atomic E-state index is 4.34. The standard InChI is InChI=1S/C10H12N3P.C3H7.Sn.Y/c14-13-7-9-4-10(13)6-12(9)8-2-1-3-11-5-8;1-3-2;;/h2,5,9-10H,4,6-7,14H2;1,3H2,2H3;;/q-1;;;. The van der Waals surface area contributed by atoms with Crippen LogP contribution in [-0.2, 0) is 32.7 Å². The van der Waals surface area contributed by atoms with Gasteiger partial charge < -0.3 is 0 Å². The molecule has 1 aromatic heterocycles. The molecule has 3 unspecified atom stereocenters. The van der Waals surface area contributed by atoms with E-state index in [0.717, 1.165) is 12.6 Å². The van der Waals surface area contributed by atoms with E-state index in [-0.39, 0.29) is 32.7 Å². The minimum atomic E-state index is -0.421. The van der Waals surface area contributed by atoms with Crippen molar-refractivity contribution < 1.29 is 32.7 Å². The predicted octanol–water partition coefficient (Wildman–Crippen LogP) is 1.09. The van der Waals surface area contributed by atoms with Crippen LogP contribution in [0.3, 0.4) is 0 Å². The molecule has 0 amide bonds. The Morgan fingerprint density at radius 3 is 2.95 bits per heavy atom. The molecule has 1 aromatic rings. The van der Waals surface area contributed by atoms with E-state index < -0.39 is 21.1 Å². The third kappa shape index (κ3) is 3.71. The first-order valence-electron chi connectivity index (χ1n) is 6.67. The summed E-state index contributed by atoms with van der Waals surface area (Å²) in [7, 11) is 2.87. The van der Waals surface area contributed by atoms with Gasteiger partial charge >= 0.3 is 122 Å². The quantitative estimate of drug-likeness (QED) is 0.385. The van der Waals surface area contributed by atoms with Crippen molar-refractivity contribution in [1.29, 1.82) is 0 Å². The van der Waals surface area contributed by atoms with Gasteiger partial charge in [0.25, 0.3) is 0 Å². The van der Waals surface area contributed by atoms with Crippen molar-refractivity contribution in [3.05, 3.63) is 18.5 Å². The molecule has 0 aliphatic carbocycles. The molecule has 2 saturated heterocycles. The molecule has 99 valence electrons. The molecule has 2 fully saturated rings. The van der Waals surface area contributed by atoms with Gasteiger partial charge in [-0.2, -0.15) is 0 Å². The molecule has 3 radical (unpaired) electrons. The fourth-order valence-corrected chi connectivity index (χ4v) is 5.97. The van der Waals surface area contributed by atoms with Gasteiger partial charge in [-0.05, 0) is 0 Å². The van der Waals surface area contributed by atoms with E-state index in [2.05, 4.69) is 43.1 Å². The van der Waals surface area contributed by atoms with Gasteiger partial charge in [-0.1, -0.05) is 0 Å². The topological polar surface area (TPSA) is 19.4 Å². The molecule has 2 bridgehead atoms. The van der Waals surface area contributed by atoms with Gasteiger partial charge in [0, 0.05) is 32.7 Å². The molecule has 6 heteroatoms. The number of aromatic nitrogens is 1. The Labute approximate surface area is 153 Å². The van der Waals surface area contributed by atoms with E-state index in [1.54, 1.807) is 0 Å². The number of rotatable bonds is 4. The number of fused-ring (bicyclic) bond motifs is 2. The minimum absolute atomic E-state index is 0. The number of hydrogen-bond acceptors (Lipinski definition) is 3. The maximum Gasteiger partial charge on any atom is 0 e. The monoisotopic (exact) mass is 457 g/mol. The summed E-state index contributed by atoms with van der Waals surface area (Å²) in [6.45, 7) is 4.61. The van der Waals surface area contributed by atoms with Gasteiger partial charge in [-0.25, -0.2) is 0 Å². The largest absolute Gasteiger partial charge is 0 e. The van der Waals surface area contributed by atoms with Gasteiger partial charge in [-0.15, -0.1) is 0 Å². The van der Waals surface area contributed by atoms with Gasteiger partial charge in [0.2, 0.25) is 0 Å². The van der Waals surface area contributed by atoms with Crippen molar-refractivity contribution in [2.45, 2.75) is 36.3 Å². The van der Waals surface area contributed by atoms with E-state index in [1.807, 2.05) is 6.20 Å². The molecule has 0 spiro atoms. The summed E-state index contributed by atoms with van der Waals surface area (Å²) < 4.78 is 5.25. The first-order valence-corrected chi connectivity index (χ1v) is 10.6. The fraction of sp³-hybridized carbons (Fsp3) is 0.615. The first-order chi connectivity index (χ1) is 8.78. The average Bonchev–Trinajstić information content (AvgIpc) is 2.95. The first kappa shape index (κ1) is 16.6. The molecule has 2 aliphatic rings. The van der Waals surface area contributed by atoms with Gasteiger partial charge in [-0.3, -0.25) is 0 Å². The zero-order chi connectivity index (χ0) is 12.5. The van der Waals surface area contributed by atoms with Crippen molar-refractivity contribution in [1.82, 2.24) is 9.65 Å². The van der Waals surface area contributed by atoms with Gasteiger partial charge in [0.05, 0.1) is 0 Å². The second kappa shape index (κ2) is 7.49. The number of pyridine rings is 1. The smallest absolute Gasteiger partial charge is 0 e. The van der Waals surface area contributed by atoms with E-state index in [9.17, 15) is 0 Å². The average molecular weight is 456 g/mol. The van der Waals surface area contributed by atoms with Crippen LogP contribution in [0, 0.1) is 6.20 Å². The van der Waals surface area contributed by atoms with E-state index in [4.69, 9.17) is 0 Å². The summed E-state index contributed by atoms with van der Waals surface area (Å²) in [6, 6.07) is 3.78. The van der Waals surface area contributed by atoms with Crippen molar-refractivity contribution in [3.63, 3.8) is 0 Å². The van der Waals surface area contributed by atoms with E-state index in [1.165, 1.54) is 33.1 Å². The van der Waals surface area contributed by atoms with Gasteiger partial charge in [0.1, 0.15) is 0 Å². The SMILES string of the molecule is CC[CH2][Sn][c]1[c-]ncc(N2CC3CC2CN3P)c1.[Y]. The van der Waals surface area contributed by atoms with E-state index in [0.29, 0.717) is 6.04 Å². The molecule has 3 nitrogen and oxygen atoms in total. The van der Waals surface area contributed by atoms with Crippen LogP contribution < -0.4 is 8.48 Å². The number of nitrogens with zero attached hydrogens (tertiary/aromatic N) is 3. The minimum Gasteiger partial charge on any atom is 0 e. The van der Waals surface area contributed by atoms with Crippen LogP contribution in [0.15, 0.2) is 12.3 Å². The van der Waals surface area contributed by atoms with Crippen molar-refractivity contribution in [2.24, 2.45) is 0 Å². The molecule has 3 rings (SSSR count). The molecular weight excluding hydrogens is 437 g/mol. The zero-order valence-corrected chi connectivity index (χ0v) is 18.2. The second-order valence-corrected chi connectivity index (χ2v) is 9.81. The van der Waals surface area contributed by atoms with Crippen LogP contribution in [0.25, 0.3) is 0 Å². The summed E-state index contributed by atoms with van der Waals surface area (Å²) in [5, 5.41) is 0. The van der Waals surface area contributed by atoms with E-state index >= 15 is 0 Å². The van der Waals surface area contributed by atoms with Crippen LogP contribution in [0.5, 0.6) is 0 Å². The Morgan fingerprint density at radius 2 is 2.32 bits per heavy atom. The summed E-state index contributed by atoms with van der Waals surface area (Å²) >= 11 is -0.421. The molecule has 2 aliphatic heterocycles. The van der Waals surface area contributed by atoms with Crippen LogP contribution in [0.4, 0.5) is 5.69 Å². The summed E-state index contributed by atoms with van der Waals surface area (Å²) in [5.74, 6) is 0. The third-order valence-corrected chi connectivity index (χ3v) is 8.45. The molecule has 3 atom stereocenters. The molecule has 3 heterocycles. The van der Waals surface area contributed by atoms with Gasteiger partial charge in [0.15, 0.2) is 0 Å². The van der Waals surface area contributed by atoms with Crippen LogP contribution in [0.2, 0.25) is 4.44 Å². The zero-order valence-electron chi connectivity index (χ0n) is 11.3.